The van der Waals surface area contributed by atoms with Crippen LogP contribution in [0.25, 0.3) is 0 Å². The SMILES string of the molecule is Cc1ccc(Br)cc1Cc1ccc(C(C)C(=O)O)cc1. The zero-order valence-electron chi connectivity index (χ0n) is 11.6. The molecule has 0 amide bonds. The van der Waals surface area contributed by atoms with Gasteiger partial charge in [-0.3, -0.25) is 4.79 Å². The molecule has 1 N–H and O–H groups in total. The molecule has 0 fully saturated rings. The van der Waals surface area contributed by atoms with E-state index in [-0.39, 0.29) is 0 Å². The third kappa shape index (κ3) is 3.48. The van der Waals surface area contributed by atoms with Crippen LogP contribution < -0.4 is 0 Å². The van der Waals surface area contributed by atoms with Gasteiger partial charge in [0.1, 0.15) is 0 Å². The van der Waals surface area contributed by atoms with E-state index in [2.05, 4.69) is 35.0 Å². The fourth-order valence-electron chi connectivity index (χ4n) is 2.12. The molecule has 0 aliphatic rings. The summed E-state index contributed by atoms with van der Waals surface area (Å²) < 4.78 is 1.08. The zero-order chi connectivity index (χ0) is 14.7. The second kappa shape index (κ2) is 6.23. The van der Waals surface area contributed by atoms with Gasteiger partial charge in [-0.2, -0.15) is 0 Å². The van der Waals surface area contributed by atoms with E-state index in [1.54, 1.807) is 6.92 Å². The lowest BCUT2D eigenvalue weighted by molar-refractivity contribution is -0.138. The van der Waals surface area contributed by atoms with Gasteiger partial charge in [0.2, 0.25) is 0 Å². The van der Waals surface area contributed by atoms with Crippen LogP contribution in [0, 0.1) is 6.92 Å². The van der Waals surface area contributed by atoms with Gasteiger partial charge in [-0.15, -0.1) is 0 Å². The Morgan fingerprint density at radius 2 is 1.85 bits per heavy atom. The Balaban J connectivity index is 2.19. The maximum atomic E-state index is 11.0. The van der Waals surface area contributed by atoms with Gasteiger partial charge in [-0.05, 0) is 54.7 Å². The molecular weight excluding hydrogens is 316 g/mol. The Labute approximate surface area is 127 Å². The molecule has 0 saturated heterocycles. The van der Waals surface area contributed by atoms with Crippen molar-refractivity contribution in [2.24, 2.45) is 0 Å². The molecule has 0 spiro atoms. The number of aryl methyl sites for hydroxylation is 1. The molecule has 2 aromatic rings. The lowest BCUT2D eigenvalue weighted by Gasteiger charge is -2.09. The average molecular weight is 333 g/mol. The summed E-state index contributed by atoms with van der Waals surface area (Å²) in [6, 6.07) is 14.1. The van der Waals surface area contributed by atoms with Gasteiger partial charge >= 0.3 is 5.97 Å². The summed E-state index contributed by atoms with van der Waals surface area (Å²) in [4.78, 5) is 11.0. The van der Waals surface area contributed by atoms with Crippen molar-refractivity contribution in [2.45, 2.75) is 26.2 Å². The molecule has 1 unspecified atom stereocenters. The van der Waals surface area contributed by atoms with Crippen molar-refractivity contribution in [2.75, 3.05) is 0 Å². The minimum Gasteiger partial charge on any atom is -0.481 e. The number of carboxylic acid groups (broad SMARTS) is 1. The molecule has 0 saturated carbocycles. The predicted octanol–water partition coefficient (Wildman–Crippen LogP) is 4.54. The molecular formula is C17H17BrO2. The van der Waals surface area contributed by atoms with Crippen molar-refractivity contribution in [3.05, 3.63) is 69.2 Å². The maximum absolute atomic E-state index is 11.0. The minimum atomic E-state index is -0.791. The minimum absolute atomic E-state index is 0.461. The van der Waals surface area contributed by atoms with Gasteiger partial charge in [-0.25, -0.2) is 0 Å². The van der Waals surface area contributed by atoms with E-state index in [1.807, 2.05) is 30.3 Å². The van der Waals surface area contributed by atoms with Crippen LogP contribution in [0.5, 0.6) is 0 Å². The zero-order valence-corrected chi connectivity index (χ0v) is 13.1. The van der Waals surface area contributed by atoms with Crippen LogP contribution in [0.4, 0.5) is 0 Å². The fraction of sp³-hybridized carbons (Fsp3) is 0.235. The standard InChI is InChI=1S/C17H17BrO2/c1-11-3-8-16(18)10-15(11)9-13-4-6-14(7-5-13)12(2)17(19)20/h3-8,10,12H,9H2,1-2H3,(H,19,20). The van der Waals surface area contributed by atoms with Gasteiger partial charge < -0.3 is 5.11 Å². The van der Waals surface area contributed by atoms with Crippen molar-refractivity contribution in [1.29, 1.82) is 0 Å². The summed E-state index contributed by atoms with van der Waals surface area (Å²) in [6.07, 6.45) is 0.854. The molecule has 2 aromatic carbocycles. The quantitative estimate of drug-likeness (QED) is 0.892. The Morgan fingerprint density at radius 1 is 1.20 bits per heavy atom. The van der Waals surface area contributed by atoms with E-state index in [9.17, 15) is 4.79 Å². The number of hydrogen-bond acceptors (Lipinski definition) is 1. The summed E-state index contributed by atoms with van der Waals surface area (Å²) in [5, 5.41) is 9.00. The highest BCUT2D eigenvalue weighted by Gasteiger charge is 2.13. The molecule has 0 aliphatic heterocycles. The highest BCUT2D eigenvalue weighted by atomic mass is 79.9. The normalized spacial score (nSPS) is 12.2. The number of carboxylic acids is 1. The first-order chi connectivity index (χ1) is 9.47. The average Bonchev–Trinajstić information content (AvgIpc) is 2.43. The molecule has 0 aromatic heterocycles. The number of benzene rings is 2. The van der Waals surface area contributed by atoms with Gasteiger partial charge in [0.25, 0.3) is 0 Å². The Hall–Kier alpha value is -1.61. The lowest BCUT2D eigenvalue weighted by atomic mass is 9.96. The van der Waals surface area contributed by atoms with E-state index in [0.717, 1.165) is 16.5 Å². The first-order valence-electron chi connectivity index (χ1n) is 6.54. The second-order valence-corrected chi connectivity index (χ2v) is 5.96. The third-order valence-electron chi connectivity index (χ3n) is 3.56. The summed E-state index contributed by atoms with van der Waals surface area (Å²) >= 11 is 3.49. The first-order valence-corrected chi connectivity index (χ1v) is 7.33. The summed E-state index contributed by atoms with van der Waals surface area (Å²) in [5.41, 5.74) is 4.56. The van der Waals surface area contributed by atoms with Crippen molar-refractivity contribution >= 4 is 21.9 Å². The van der Waals surface area contributed by atoms with E-state index in [4.69, 9.17) is 5.11 Å². The summed E-state index contributed by atoms with van der Waals surface area (Å²) in [7, 11) is 0. The van der Waals surface area contributed by atoms with Crippen molar-refractivity contribution in [3.63, 3.8) is 0 Å². The van der Waals surface area contributed by atoms with Crippen molar-refractivity contribution in [1.82, 2.24) is 0 Å². The van der Waals surface area contributed by atoms with Crippen LogP contribution in [-0.4, -0.2) is 11.1 Å². The number of aliphatic carboxylic acids is 1. The Bertz CT molecular complexity index is 617. The third-order valence-corrected chi connectivity index (χ3v) is 4.05. The molecule has 20 heavy (non-hydrogen) atoms. The van der Waals surface area contributed by atoms with Crippen LogP contribution in [0.3, 0.4) is 0 Å². The number of rotatable bonds is 4. The van der Waals surface area contributed by atoms with Crippen LogP contribution >= 0.6 is 15.9 Å². The topological polar surface area (TPSA) is 37.3 Å². The Morgan fingerprint density at radius 3 is 2.45 bits per heavy atom. The fourth-order valence-corrected chi connectivity index (χ4v) is 2.53. The van der Waals surface area contributed by atoms with Crippen LogP contribution in [0.2, 0.25) is 0 Å². The number of hydrogen-bond donors (Lipinski definition) is 1. The molecule has 2 nitrogen and oxygen atoms in total. The van der Waals surface area contributed by atoms with Crippen LogP contribution in [0.15, 0.2) is 46.9 Å². The highest BCUT2D eigenvalue weighted by molar-refractivity contribution is 9.10. The van der Waals surface area contributed by atoms with E-state index >= 15 is 0 Å². The first kappa shape index (κ1) is 14.8. The number of halogens is 1. The van der Waals surface area contributed by atoms with Crippen molar-refractivity contribution in [3.8, 4) is 0 Å². The van der Waals surface area contributed by atoms with Gasteiger partial charge in [0, 0.05) is 4.47 Å². The van der Waals surface area contributed by atoms with E-state index in [1.165, 1.54) is 16.7 Å². The van der Waals surface area contributed by atoms with Crippen molar-refractivity contribution < 1.29 is 9.90 Å². The highest BCUT2D eigenvalue weighted by Crippen LogP contribution is 2.21. The van der Waals surface area contributed by atoms with Crippen LogP contribution in [-0.2, 0) is 11.2 Å². The largest absolute Gasteiger partial charge is 0.481 e. The molecule has 1 atom stereocenters. The molecule has 0 radical (unpaired) electrons. The maximum Gasteiger partial charge on any atom is 0.310 e. The van der Waals surface area contributed by atoms with E-state index in [0.29, 0.717) is 0 Å². The molecule has 104 valence electrons. The molecule has 3 heteroatoms. The lowest BCUT2D eigenvalue weighted by Crippen LogP contribution is -2.07. The van der Waals surface area contributed by atoms with Gasteiger partial charge in [-0.1, -0.05) is 46.3 Å². The molecule has 0 bridgehead atoms. The van der Waals surface area contributed by atoms with Gasteiger partial charge in [0.15, 0.2) is 0 Å². The monoisotopic (exact) mass is 332 g/mol. The molecule has 0 aliphatic carbocycles. The Kier molecular flexibility index (Phi) is 4.61. The van der Waals surface area contributed by atoms with Gasteiger partial charge in [0.05, 0.1) is 5.92 Å². The molecule has 0 heterocycles. The summed E-state index contributed by atoms with van der Waals surface area (Å²) in [5.74, 6) is -1.25. The van der Waals surface area contributed by atoms with E-state index < -0.39 is 11.9 Å². The predicted molar refractivity (Wildman–Crippen MR) is 84.2 cm³/mol. The smallest absolute Gasteiger partial charge is 0.310 e. The molecule has 2 rings (SSSR count). The van der Waals surface area contributed by atoms with Crippen LogP contribution in [0.1, 0.15) is 35.1 Å². The number of carbonyl (C=O) groups is 1. The summed E-state index contributed by atoms with van der Waals surface area (Å²) in [6.45, 7) is 3.80. The second-order valence-electron chi connectivity index (χ2n) is 5.05.